The van der Waals surface area contributed by atoms with Crippen LogP contribution in [0.25, 0.3) is 89.5 Å². The number of aromatic nitrogens is 3. The number of pyridine rings is 1. The molecule has 0 N–H and O–H groups in total. The molecule has 0 aliphatic heterocycles. The third-order valence-corrected chi connectivity index (χ3v) is 8.90. The van der Waals surface area contributed by atoms with E-state index in [-0.39, 0.29) is 0 Å². The lowest BCUT2D eigenvalue weighted by Crippen LogP contribution is -1.94. The van der Waals surface area contributed by atoms with Crippen molar-refractivity contribution in [1.82, 2.24) is 15.0 Å². The number of nitrogens with zero attached hydrogens (tertiary/aromatic N) is 3. The van der Waals surface area contributed by atoms with E-state index in [0.29, 0.717) is 11.4 Å². The van der Waals surface area contributed by atoms with E-state index in [4.69, 9.17) is 19.4 Å². The molecule has 6 aromatic carbocycles. The molecule has 0 aliphatic rings. The molecule has 0 saturated heterocycles. The summed E-state index contributed by atoms with van der Waals surface area (Å²) in [6.45, 7) is 0. The van der Waals surface area contributed by atoms with Crippen molar-refractivity contribution in [2.24, 2.45) is 0 Å². The monoisotopic (exact) mass is 627 g/mol. The Balaban J connectivity index is 1.10. The number of para-hydroxylation sites is 1. The molecule has 9 aromatic rings. The van der Waals surface area contributed by atoms with Crippen LogP contribution in [0, 0.1) is 0 Å². The van der Waals surface area contributed by atoms with Crippen molar-refractivity contribution in [2.75, 3.05) is 0 Å². The maximum Gasteiger partial charge on any atom is 0.180 e. The van der Waals surface area contributed by atoms with Crippen LogP contribution in [0.2, 0.25) is 0 Å². The lowest BCUT2D eigenvalue weighted by molar-refractivity contribution is 0.667. The Morgan fingerprint density at radius 2 is 0.898 bits per heavy atom. The van der Waals surface area contributed by atoms with Gasteiger partial charge in [0.1, 0.15) is 16.8 Å². The largest absolute Gasteiger partial charge is 0.452 e. The Morgan fingerprint density at radius 1 is 0.347 bits per heavy atom. The van der Waals surface area contributed by atoms with Gasteiger partial charge in [0.25, 0.3) is 0 Å². The smallest absolute Gasteiger partial charge is 0.180 e. The number of hydrogen-bond acceptors (Lipinski definition) is 4. The highest BCUT2D eigenvalue weighted by Gasteiger charge is 2.18. The quantitative estimate of drug-likeness (QED) is 0.184. The van der Waals surface area contributed by atoms with Crippen molar-refractivity contribution >= 4 is 22.1 Å². The summed E-state index contributed by atoms with van der Waals surface area (Å²) in [6.07, 6.45) is 0. The molecule has 0 atom stereocenters. The first kappa shape index (κ1) is 28.6. The van der Waals surface area contributed by atoms with Crippen molar-refractivity contribution in [1.29, 1.82) is 0 Å². The van der Waals surface area contributed by atoms with Gasteiger partial charge in [0, 0.05) is 27.6 Å². The van der Waals surface area contributed by atoms with Crippen LogP contribution in [0.5, 0.6) is 0 Å². The summed E-state index contributed by atoms with van der Waals surface area (Å²) < 4.78 is 6.29. The molecule has 230 valence electrons. The van der Waals surface area contributed by atoms with Gasteiger partial charge in [0.15, 0.2) is 11.4 Å². The molecule has 0 fully saturated rings. The van der Waals surface area contributed by atoms with Crippen LogP contribution >= 0.6 is 0 Å². The fourth-order valence-corrected chi connectivity index (χ4v) is 6.41. The van der Waals surface area contributed by atoms with Gasteiger partial charge in [-0.15, -0.1) is 0 Å². The molecule has 4 heteroatoms. The van der Waals surface area contributed by atoms with Gasteiger partial charge in [-0.1, -0.05) is 146 Å². The molecular formula is C45H29N3O. The van der Waals surface area contributed by atoms with Gasteiger partial charge in [-0.05, 0) is 52.6 Å². The summed E-state index contributed by atoms with van der Waals surface area (Å²) >= 11 is 0. The highest BCUT2D eigenvalue weighted by atomic mass is 16.3. The Bertz CT molecular complexity index is 2520. The molecule has 49 heavy (non-hydrogen) atoms. The zero-order valence-electron chi connectivity index (χ0n) is 26.5. The first-order valence-corrected chi connectivity index (χ1v) is 16.4. The molecule has 0 bridgehead atoms. The molecule has 0 unspecified atom stereocenters. The summed E-state index contributed by atoms with van der Waals surface area (Å²) in [7, 11) is 0. The highest BCUT2D eigenvalue weighted by Crippen LogP contribution is 2.36. The van der Waals surface area contributed by atoms with E-state index >= 15 is 0 Å². The number of hydrogen-bond donors (Lipinski definition) is 0. The van der Waals surface area contributed by atoms with Crippen molar-refractivity contribution in [3.8, 4) is 67.4 Å². The second kappa shape index (κ2) is 12.2. The third-order valence-electron chi connectivity index (χ3n) is 8.90. The number of furan rings is 1. The van der Waals surface area contributed by atoms with Gasteiger partial charge in [0.05, 0.1) is 11.4 Å². The predicted molar refractivity (Wildman–Crippen MR) is 200 cm³/mol. The zero-order valence-corrected chi connectivity index (χ0v) is 26.5. The maximum absolute atomic E-state index is 6.29. The van der Waals surface area contributed by atoms with Crippen molar-refractivity contribution < 1.29 is 4.42 Å². The van der Waals surface area contributed by atoms with E-state index in [1.165, 1.54) is 0 Å². The van der Waals surface area contributed by atoms with Crippen LogP contribution < -0.4 is 0 Å². The van der Waals surface area contributed by atoms with Crippen LogP contribution in [0.1, 0.15) is 0 Å². The van der Waals surface area contributed by atoms with E-state index in [9.17, 15) is 0 Å². The Kier molecular flexibility index (Phi) is 7.10. The molecule has 0 aliphatic carbocycles. The summed E-state index contributed by atoms with van der Waals surface area (Å²) in [4.78, 5) is 15.2. The predicted octanol–water partition coefficient (Wildman–Crippen LogP) is 11.8. The lowest BCUT2D eigenvalue weighted by Gasteiger charge is -2.12. The summed E-state index contributed by atoms with van der Waals surface area (Å²) in [5, 5.41) is 0.979. The van der Waals surface area contributed by atoms with Gasteiger partial charge < -0.3 is 4.42 Å². The first-order valence-electron chi connectivity index (χ1n) is 16.4. The number of benzene rings is 6. The van der Waals surface area contributed by atoms with Crippen molar-refractivity contribution in [3.05, 3.63) is 176 Å². The minimum atomic E-state index is 0.661. The molecule has 3 heterocycles. The average Bonchev–Trinajstić information content (AvgIpc) is 3.57. The van der Waals surface area contributed by atoms with Crippen LogP contribution in [-0.2, 0) is 0 Å². The van der Waals surface area contributed by atoms with Gasteiger partial charge in [-0.2, -0.15) is 0 Å². The Labute approximate surface area is 284 Å². The van der Waals surface area contributed by atoms with E-state index in [1.54, 1.807) is 0 Å². The maximum atomic E-state index is 6.29. The van der Waals surface area contributed by atoms with Crippen molar-refractivity contribution in [2.45, 2.75) is 0 Å². The number of fused-ring (bicyclic) bond motifs is 3. The standard InChI is InChI=1S/C45H29N3O/c1-4-13-30(14-5-1)37-28-39(32-15-6-2-7-16-32)46-40(29-37)36-20-12-19-35(27-36)31-23-25-34(26-24-31)45-47-42(33-17-8-3-9-18-33)44-43(48-45)38-21-10-11-22-41(38)49-44/h1-29H. The van der Waals surface area contributed by atoms with Gasteiger partial charge in [0.2, 0.25) is 0 Å². The van der Waals surface area contributed by atoms with E-state index in [0.717, 1.165) is 78.1 Å². The van der Waals surface area contributed by atoms with Crippen LogP contribution in [0.15, 0.2) is 180 Å². The minimum Gasteiger partial charge on any atom is -0.452 e. The normalized spacial score (nSPS) is 11.3. The third kappa shape index (κ3) is 5.45. The molecule has 3 aromatic heterocycles. The molecule has 0 radical (unpaired) electrons. The Hall–Kier alpha value is -6.65. The average molecular weight is 628 g/mol. The fraction of sp³-hybridized carbons (Fsp3) is 0. The summed E-state index contributed by atoms with van der Waals surface area (Å²) in [6, 6.07) is 60.5. The van der Waals surface area contributed by atoms with Gasteiger partial charge >= 0.3 is 0 Å². The van der Waals surface area contributed by atoms with E-state index in [1.807, 2.05) is 48.5 Å². The van der Waals surface area contributed by atoms with Gasteiger partial charge in [-0.3, -0.25) is 0 Å². The van der Waals surface area contributed by atoms with E-state index < -0.39 is 0 Å². The highest BCUT2D eigenvalue weighted by molar-refractivity contribution is 6.07. The van der Waals surface area contributed by atoms with E-state index in [2.05, 4.69) is 127 Å². The number of rotatable bonds is 6. The lowest BCUT2D eigenvalue weighted by atomic mass is 9.97. The summed E-state index contributed by atoms with van der Waals surface area (Å²) in [5.41, 5.74) is 13.6. The molecule has 0 saturated carbocycles. The molecule has 0 spiro atoms. The zero-order chi connectivity index (χ0) is 32.6. The summed E-state index contributed by atoms with van der Waals surface area (Å²) in [5.74, 6) is 0.661. The topological polar surface area (TPSA) is 51.8 Å². The van der Waals surface area contributed by atoms with Crippen LogP contribution in [-0.4, -0.2) is 15.0 Å². The molecular weight excluding hydrogens is 599 g/mol. The fourth-order valence-electron chi connectivity index (χ4n) is 6.41. The Morgan fingerprint density at radius 3 is 1.63 bits per heavy atom. The van der Waals surface area contributed by atoms with Crippen LogP contribution in [0.4, 0.5) is 0 Å². The van der Waals surface area contributed by atoms with Gasteiger partial charge in [-0.25, -0.2) is 15.0 Å². The first-order chi connectivity index (χ1) is 24.3. The molecule has 9 rings (SSSR count). The molecule has 0 amide bonds. The SMILES string of the molecule is c1ccc(-c2cc(-c3ccccc3)nc(-c3cccc(-c4ccc(-c5nc(-c6ccccc6)c6oc7ccccc7c6n5)cc4)c3)c2)cc1. The second-order valence-corrected chi connectivity index (χ2v) is 12.1. The second-order valence-electron chi connectivity index (χ2n) is 12.1. The molecule has 4 nitrogen and oxygen atoms in total. The minimum absolute atomic E-state index is 0.661. The van der Waals surface area contributed by atoms with Crippen molar-refractivity contribution in [3.63, 3.8) is 0 Å². The van der Waals surface area contributed by atoms with Crippen LogP contribution in [0.3, 0.4) is 0 Å².